The number of aromatic nitrogens is 1. The van der Waals surface area contributed by atoms with Gasteiger partial charge in [-0.25, -0.2) is 9.78 Å². The monoisotopic (exact) mass is 410 g/mol. The number of rotatable bonds is 5. The summed E-state index contributed by atoms with van der Waals surface area (Å²) in [6, 6.07) is 12.3. The molecule has 0 saturated carbocycles. The first-order valence-corrected chi connectivity index (χ1v) is 8.99. The van der Waals surface area contributed by atoms with E-state index in [4.69, 9.17) is 4.42 Å². The van der Waals surface area contributed by atoms with E-state index < -0.39 is 21.2 Å². The van der Waals surface area contributed by atoms with Crippen molar-refractivity contribution in [3.63, 3.8) is 0 Å². The first kappa shape index (κ1) is 18.3. The van der Waals surface area contributed by atoms with E-state index in [9.17, 15) is 25.0 Å². The highest BCUT2D eigenvalue weighted by Gasteiger charge is 2.25. The van der Waals surface area contributed by atoms with Crippen molar-refractivity contribution in [3.05, 3.63) is 84.6 Å². The Kier molecular flexibility index (Phi) is 4.49. The molecular weight excluding hydrogens is 400 g/mol. The number of hydrogen-bond acceptors (Lipinski definition) is 9. The van der Waals surface area contributed by atoms with Crippen molar-refractivity contribution in [1.29, 1.82) is 0 Å². The second-order valence-electron chi connectivity index (χ2n) is 5.83. The largest absolute Gasteiger partial charge is 0.418 e. The van der Waals surface area contributed by atoms with Crippen molar-refractivity contribution in [3.8, 4) is 11.3 Å². The fourth-order valence-corrected chi connectivity index (χ4v) is 3.48. The van der Waals surface area contributed by atoms with Crippen molar-refractivity contribution < 1.29 is 14.3 Å². The van der Waals surface area contributed by atoms with Crippen LogP contribution in [0, 0.1) is 20.2 Å². The van der Waals surface area contributed by atoms with Gasteiger partial charge in [0.25, 0.3) is 5.69 Å². The maximum Gasteiger partial charge on any atom is 0.417 e. The number of hydrogen-bond donors (Lipinski definition) is 1. The zero-order chi connectivity index (χ0) is 20.5. The van der Waals surface area contributed by atoms with Crippen LogP contribution < -0.4 is 10.9 Å². The van der Waals surface area contributed by atoms with Gasteiger partial charge in [-0.05, 0) is 24.3 Å². The molecule has 0 aliphatic carbocycles. The lowest BCUT2D eigenvalue weighted by molar-refractivity contribution is -0.386. The summed E-state index contributed by atoms with van der Waals surface area (Å²) in [4.78, 5) is 37.3. The number of nitro groups is 2. The standard InChI is InChI=1S/C18H10N4O6S/c23-17-16(22(26)27)15(12-3-1-2-4-14(12)28-17)20-18-19-13(9-29-18)10-5-7-11(8-6-10)21(24)25/h1-9H,(H,19,20). The van der Waals surface area contributed by atoms with E-state index in [2.05, 4.69) is 10.3 Å². The zero-order valence-electron chi connectivity index (χ0n) is 14.4. The summed E-state index contributed by atoms with van der Waals surface area (Å²) in [6.45, 7) is 0. The fraction of sp³-hybridized carbons (Fsp3) is 0. The second kappa shape index (κ2) is 7.13. The molecule has 2 heterocycles. The third kappa shape index (κ3) is 3.41. The van der Waals surface area contributed by atoms with Crippen molar-refractivity contribution in [2.24, 2.45) is 0 Å². The Morgan fingerprint density at radius 1 is 1.00 bits per heavy atom. The summed E-state index contributed by atoms with van der Waals surface area (Å²) in [5, 5.41) is 27.4. The molecule has 0 spiro atoms. The SMILES string of the molecule is O=c1oc2ccccc2c(Nc2nc(-c3ccc([N+](=O)[O-])cc3)cs2)c1[N+](=O)[O-]. The predicted molar refractivity (Wildman–Crippen MR) is 107 cm³/mol. The molecule has 2 aromatic carbocycles. The summed E-state index contributed by atoms with van der Waals surface area (Å²) < 4.78 is 5.03. The molecule has 1 N–H and O–H groups in total. The molecule has 0 fully saturated rings. The van der Waals surface area contributed by atoms with Gasteiger partial charge in [0.05, 0.1) is 15.5 Å². The van der Waals surface area contributed by atoms with Crippen LogP contribution in [0.3, 0.4) is 0 Å². The van der Waals surface area contributed by atoms with Gasteiger partial charge in [0.2, 0.25) is 0 Å². The maximum atomic E-state index is 12.1. The third-order valence-electron chi connectivity index (χ3n) is 4.08. The summed E-state index contributed by atoms with van der Waals surface area (Å²) >= 11 is 1.17. The van der Waals surface area contributed by atoms with E-state index in [-0.39, 0.29) is 17.0 Å². The first-order chi connectivity index (χ1) is 13.9. The molecular formula is C18H10N4O6S. The normalized spacial score (nSPS) is 10.8. The van der Waals surface area contributed by atoms with Gasteiger partial charge in [-0.15, -0.1) is 11.3 Å². The molecule has 0 saturated heterocycles. The van der Waals surface area contributed by atoms with Crippen LogP contribution in [-0.2, 0) is 0 Å². The van der Waals surface area contributed by atoms with Crippen LogP contribution in [-0.4, -0.2) is 14.8 Å². The second-order valence-corrected chi connectivity index (χ2v) is 6.69. The summed E-state index contributed by atoms with van der Waals surface area (Å²) in [7, 11) is 0. The number of fused-ring (bicyclic) bond motifs is 1. The maximum absolute atomic E-state index is 12.1. The minimum Gasteiger partial charge on any atom is -0.418 e. The van der Waals surface area contributed by atoms with Gasteiger partial charge in [0.15, 0.2) is 5.13 Å². The Bertz CT molecular complexity index is 1310. The molecule has 0 bridgehead atoms. The number of nitro benzene ring substituents is 1. The molecule has 4 rings (SSSR count). The molecule has 2 aromatic heterocycles. The topological polar surface area (TPSA) is 141 Å². The van der Waals surface area contributed by atoms with Crippen LogP contribution in [0.25, 0.3) is 22.2 Å². The molecule has 4 aromatic rings. The summed E-state index contributed by atoms with van der Waals surface area (Å²) in [5.41, 5.74) is -0.446. The van der Waals surface area contributed by atoms with Gasteiger partial charge in [0.1, 0.15) is 11.3 Å². The van der Waals surface area contributed by atoms with Crippen LogP contribution in [0.15, 0.2) is 63.1 Å². The highest BCUT2D eigenvalue weighted by atomic mass is 32.1. The zero-order valence-corrected chi connectivity index (χ0v) is 15.2. The Morgan fingerprint density at radius 3 is 2.41 bits per heavy atom. The molecule has 144 valence electrons. The van der Waals surface area contributed by atoms with Gasteiger partial charge >= 0.3 is 11.3 Å². The minimum absolute atomic E-state index is 0.00792. The number of anilines is 2. The summed E-state index contributed by atoms with van der Waals surface area (Å²) in [5.74, 6) is 0. The number of benzene rings is 2. The lowest BCUT2D eigenvalue weighted by Gasteiger charge is -2.06. The Hall–Kier alpha value is -4.12. The van der Waals surface area contributed by atoms with Crippen molar-refractivity contribution in [1.82, 2.24) is 4.98 Å². The highest BCUT2D eigenvalue weighted by Crippen LogP contribution is 2.35. The van der Waals surface area contributed by atoms with E-state index in [1.807, 2.05) is 0 Å². The number of nitrogens with one attached hydrogen (secondary N) is 1. The predicted octanol–water partition coefficient (Wildman–Crippen LogP) is 4.48. The minimum atomic E-state index is -1.07. The molecule has 0 atom stereocenters. The van der Waals surface area contributed by atoms with E-state index in [0.717, 1.165) is 0 Å². The molecule has 10 nitrogen and oxygen atoms in total. The van der Waals surface area contributed by atoms with E-state index >= 15 is 0 Å². The van der Waals surface area contributed by atoms with Crippen LogP contribution in [0.1, 0.15) is 0 Å². The molecule has 29 heavy (non-hydrogen) atoms. The molecule has 0 amide bonds. The van der Waals surface area contributed by atoms with E-state index in [1.165, 1.54) is 29.5 Å². The van der Waals surface area contributed by atoms with Gasteiger partial charge in [-0.3, -0.25) is 20.2 Å². The van der Waals surface area contributed by atoms with Gasteiger partial charge < -0.3 is 9.73 Å². The van der Waals surface area contributed by atoms with Crippen molar-refractivity contribution >= 4 is 44.5 Å². The average Bonchev–Trinajstić information content (AvgIpc) is 3.16. The summed E-state index contributed by atoms with van der Waals surface area (Å²) in [6.07, 6.45) is 0. The van der Waals surface area contributed by atoms with E-state index in [0.29, 0.717) is 21.8 Å². The van der Waals surface area contributed by atoms with Crippen LogP contribution in [0.4, 0.5) is 22.2 Å². The van der Waals surface area contributed by atoms with Crippen LogP contribution in [0.5, 0.6) is 0 Å². The smallest absolute Gasteiger partial charge is 0.417 e. The first-order valence-electron chi connectivity index (χ1n) is 8.11. The molecule has 0 unspecified atom stereocenters. The van der Waals surface area contributed by atoms with Crippen LogP contribution in [0.2, 0.25) is 0 Å². The van der Waals surface area contributed by atoms with Gasteiger partial charge in [-0.1, -0.05) is 12.1 Å². The Labute approximate surface area is 165 Å². The van der Waals surface area contributed by atoms with Crippen molar-refractivity contribution in [2.75, 3.05) is 5.32 Å². The van der Waals surface area contributed by atoms with Crippen LogP contribution >= 0.6 is 11.3 Å². The number of non-ortho nitro benzene ring substituents is 1. The molecule has 0 aliphatic heterocycles. The molecule has 0 radical (unpaired) electrons. The van der Waals surface area contributed by atoms with E-state index in [1.54, 1.807) is 35.7 Å². The average molecular weight is 410 g/mol. The van der Waals surface area contributed by atoms with Gasteiger partial charge in [-0.2, -0.15) is 0 Å². The number of thiazole rings is 1. The molecule has 11 heteroatoms. The molecule has 0 aliphatic rings. The lowest BCUT2D eigenvalue weighted by atomic mass is 10.1. The Morgan fingerprint density at radius 2 is 1.72 bits per heavy atom. The number of nitrogens with zero attached hydrogens (tertiary/aromatic N) is 3. The Balaban J connectivity index is 1.75. The lowest BCUT2D eigenvalue weighted by Crippen LogP contribution is -2.10. The quantitative estimate of drug-likeness (QED) is 0.288. The number of para-hydroxylation sites is 1. The van der Waals surface area contributed by atoms with Crippen molar-refractivity contribution in [2.45, 2.75) is 0 Å². The third-order valence-corrected chi connectivity index (χ3v) is 4.84. The van der Waals surface area contributed by atoms with Gasteiger partial charge in [0, 0.05) is 28.5 Å². The highest BCUT2D eigenvalue weighted by molar-refractivity contribution is 7.14. The fourth-order valence-electron chi connectivity index (χ4n) is 2.76.